The van der Waals surface area contributed by atoms with E-state index in [2.05, 4.69) is 64.6 Å². The highest BCUT2D eigenvalue weighted by Gasteiger charge is 2.24. The van der Waals surface area contributed by atoms with Gasteiger partial charge in [-0.05, 0) is 61.4 Å². The molecule has 5 rings (SSSR count). The Labute approximate surface area is 210 Å². The molecule has 2 aromatic heterocycles. The number of nitrogens with zero attached hydrogens (tertiary/aromatic N) is 5. The van der Waals surface area contributed by atoms with Gasteiger partial charge in [0.05, 0.1) is 11.4 Å². The number of carbonyl (C=O) groups is 1. The summed E-state index contributed by atoms with van der Waals surface area (Å²) in [6.07, 6.45) is 6.73. The van der Waals surface area contributed by atoms with Crippen molar-refractivity contribution in [2.24, 2.45) is 5.92 Å². The van der Waals surface area contributed by atoms with Gasteiger partial charge in [-0.25, -0.2) is 0 Å². The molecule has 1 amide bonds. The van der Waals surface area contributed by atoms with E-state index in [1.165, 1.54) is 17.3 Å². The fraction of sp³-hybridized carbons (Fsp3) is 0.286. The molecule has 0 atom stereocenters. The van der Waals surface area contributed by atoms with Crippen molar-refractivity contribution in [2.45, 2.75) is 31.3 Å². The van der Waals surface area contributed by atoms with Crippen molar-refractivity contribution < 1.29 is 4.79 Å². The Kier molecular flexibility index (Phi) is 7.23. The van der Waals surface area contributed by atoms with Gasteiger partial charge in [-0.15, -0.1) is 10.2 Å². The number of pyridine rings is 1. The maximum atomic E-state index is 13.1. The van der Waals surface area contributed by atoms with E-state index in [-0.39, 0.29) is 5.91 Å². The second kappa shape index (κ2) is 10.9. The topological polar surface area (TPSA) is 63.9 Å². The van der Waals surface area contributed by atoms with Crippen molar-refractivity contribution in [3.63, 3.8) is 0 Å². The lowest BCUT2D eigenvalue weighted by Crippen LogP contribution is -2.39. The van der Waals surface area contributed by atoms with Gasteiger partial charge in [0.1, 0.15) is 0 Å². The lowest BCUT2D eigenvalue weighted by molar-refractivity contribution is -0.129. The van der Waals surface area contributed by atoms with Gasteiger partial charge in [0.25, 0.3) is 0 Å². The molecule has 0 radical (unpaired) electrons. The second-order valence-corrected chi connectivity index (χ2v) is 9.91. The van der Waals surface area contributed by atoms with Crippen molar-refractivity contribution in [1.29, 1.82) is 0 Å². The summed E-state index contributed by atoms with van der Waals surface area (Å²) in [5.41, 5.74) is 4.40. The Hall–Kier alpha value is -3.45. The zero-order chi connectivity index (χ0) is 24.0. The number of amides is 1. The highest BCUT2D eigenvalue weighted by Crippen LogP contribution is 2.30. The first-order valence-electron chi connectivity index (χ1n) is 12.1. The maximum Gasteiger partial charge on any atom is 0.233 e. The third kappa shape index (κ3) is 5.46. The largest absolute Gasteiger partial charge is 0.342 e. The molecular formula is C28H29N5OS. The highest BCUT2D eigenvalue weighted by molar-refractivity contribution is 7.99. The Morgan fingerprint density at radius 1 is 0.971 bits per heavy atom. The lowest BCUT2D eigenvalue weighted by atomic mass is 9.90. The third-order valence-electron chi connectivity index (χ3n) is 6.57. The van der Waals surface area contributed by atoms with Crippen molar-refractivity contribution in [1.82, 2.24) is 24.6 Å². The van der Waals surface area contributed by atoms with Gasteiger partial charge < -0.3 is 4.90 Å². The molecule has 0 aliphatic carbocycles. The molecule has 3 heterocycles. The first-order chi connectivity index (χ1) is 17.2. The van der Waals surface area contributed by atoms with Crippen molar-refractivity contribution in [2.75, 3.05) is 18.8 Å². The van der Waals surface area contributed by atoms with Crippen LogP contribution in [0.3, 0.4) is 0 Å². The maximum absolute atomic E-state index is 13.1. The number of aryl methyl sites for hydroxylation is 1. The molecule has 0 saturated carbocycles. The molecular weight excluding hydrogens is 454 g/mol. The SMILES string of the molecule is Cc1ccccc1-n1c(SCC(=O)N2CCC(Cc3ccccc3)CC2)nnc1-c1cccnc1. The minimum Gasteiger partial charge on any atom is -0.342 e. The average Bonchev–Trinajstić information content (AvgIpc) is 3.33. The van der Waals surface area contributed by atoms with Crippen LogP contribution in [0.2, 0.25) is 0 Å². The molecule has 0 bridgehead atoms. The molecule has 1 fully saturated rings. The number of benzene rings is 2. The van der Waals surface area contributed by atoms with Crippen LogP contribution in [0.15, 0.2) is 84.3 Å². The van der Waals surface area contributed by atoms with Crippen molar-refractivity contribution in [3.05, 3.63) is 90.3 Å². The van der Waals surface area contributed by atoms with E-state index in [1.807, 2.05) is 33.7 Å². The molecule has 4 aromatic rings. The Morgan fingerprint density at radius 3 is 2.49 bits per heavy atom. The van der Waals surface area contributed by atoms with Gasteiger partial charge in [0.15, 0.2) is 11.0 Å². The van der Waals surface area contributed by atoms with Crippen LogP contribution in [0.4, 0.5) is 0 Å². The van der Waals surface area contributed by atoms with E-state index < -0.39 is 0 Å². The van der Waals surface area contributed by atoms with Crippen molar-refractivity contribution in [3.8, 4) is 17.1 Å². The normalized spacial score (nSPS) is 14.3. The molecule has 2 aromatic carbocycles. The molecule has 0 N–H and O–H groups in total. The number of thioether (sulfide) groups is 1. The van der Waals surface area contributed by atoms with Gasteiger partial charge in [-0.1, -0.05) is 60.3 Å². The third-order valence-corrected chi connectivity index (χ3v) is 7.48. The van der Waals surface area contributed by atoms with Crippen LogP contribution in [0.5, 0.6) is 0 Å². The molecule has 7 heteroatoms. The molecule has 0 spiro atoms. The van der Waals surface area contributed by atoms with Crippen molar-refractivity contribution >= 4 is 17.7 Å². The van der Waals surface area contributed by atoms with Gasteiger partial charge in [-0.3, -0.25) is 14.3 Å². The summed E-state index contributed by atoms with van der Waals surface area (Å²) in [5, 5.41) is 9.65. The first kappa shape index (κ1) is 23.3. The number of likely N-dealkylation sites (tertiary alicyclic amines) is 1. The van der Waals surface area contributed by atoms with Crippen LogP contribution >= 0.6 is 11.8 Å². The zero-order valence-electron chi connectivity index (χ0n) is 19.9. The monoisotopic (exact) mass is 483 g/mol. The van der Waals surface area contributed by atoms with E-state index >= 15 is 0 Å². The highest BCUT2D eigenvalue weighted by atomic mass is 32.2. The molecule has 0 unspecified atom stereocenters. The van der Waals surface area contributed by atoms with Gasteiger partial charge >= 0.3 is 0 Å². The molecule has 35 heavy (non-hydrogen) atoms. The molecule has 1 aliphatic rings. The van der Waals surface area contributed by atoms with Crippen LogP contribution < -0.4 is 0 Å². The number of para-hydroxylation sites is 1. The van der Waals surface area contributed by atoms with Crippen LogP contribution in [0.25, 0.3) is 17.1 Å². The van der Waals surface area contributed by atoms with Gasteiger partial charge in [0, 0.05) is 31.0 Å². The molecule has 1 aliphatic heterocycles. The van der Waals surface area contributed by atoms with Crippen LogP contribution in [0.1, 0.15) is 24.0 Å². The fourth-order valence-corrected chi connectivity index (χ4v) is 5.48. The minimum atomic E-state index is 0.162. The van der Waals surface area contributed by atoms with Crippen LogP contribution in [-0.2, 0) is 11.2 Å². The van der Waals surface area contributed by atoms with E-state index in [0.29, 0.717) is 16.8 Å². The molecule has 178 valence electrons. The molecule has 1 saturated heterocycles. The number of aromatic nitrogens is 4. The number of hydrogen-bond acceptors (Lipinski definition) is 5. The summed E-state index contributed by atoms with van der Waals surface area (Å²) in [4.78, 5) is 19.3. The average molecular weight is 484 g/mol. The van der Waals surface area contributed by atoms with Crippen LogP contribution in [-0.4, -0.2) is 49.4 Å². The Bertz CT molecular complexity index is 1270. The smallest absolute Gasteiger partial charge is 0.233 e. The number of rotatable bonds is 7. The number of piperidine rings is 1. The Balaban J connectivity index is 1.26. The van der Waals surface area contributed by atoms with E-state index in [4.69, 9.17) is 0 Å². The number of hydrogen-bond donors (Lipinski definition) is 0. The minimum absolute atomic E-state index is 0.162. The summed E-state index contributed by atoms with van der Waals surface area (Å²) in [5.74, 6) is 1.88. The Morgan fingerprint density at radius 2 is 1.74 bits per heavy atom. The van der Waals surface area contributed by atoms with Gasteiger partial charge in [0.2, 0.25) is 5.91 Å². The standard InChI is InChI=1S/C28H29N5OS/c1-21-8-5-6-12-25(21)33-27(24-11-7-15-29-19-24)30-31-28(33)35-20-26(34)32-16-13-23(14-17-32)18-22-9-3-2-4-10-22/h2-12,15,19,23H,13-14,16-18,20H2,1H3. The number of carbonyl (C=O) groups excluding carboxylic acids is 1. The molecule has 6 nitrogen and oxygen atoms in total. The van der Waals surface area contributed by atoms with Crippen LogP contribution in [0, 0.1) is 12.8 Å². The summed E-state index contributed by atoms with van der Waals surface area (Å²) in [7, 11) is 0. The quantitative estimate of drug-likeness (QED) is 0.338. The second-order valence-electron chi connectivity index (χ2n) is 8.97. The van der Waals surface area contributed by atoms with E-state index in [9.17, 15) is 4.79 Å². The fourth-order valence-electron chi connectivity index (χ4n) is 4.63. The van der Waals surface area contributed by atoms with Gasteiger partial charge in [-0.2, -0.15) is 0 Å². The summed E-state index contributed by atoms with van der Waals surface area (Å²) in [6, 6.07) is 22.7. The summed E-state index contributed by atoms with van der Waals surface area (Å²) < 4.78 is 2.04. The van der Waals surface area contributed by atoms with E-state index in [1.54, 1.807) is 12.4 Å². The summed E-state index contributed by atoms with van der Waals surface area (Å²) in [6.45, 7) is 3.71. The zero-order valence-corrected chi connectivity index (χ0v) is 20.7. The first-order valence-corrected chi connectivity index (χ1v) is 13.0. The van der Waals surface area contributed by atoms with E-state index in [0.717, 1.165) is 55.0 Å². The predicted molar refractivity (Wildman–Crippen MR) is 140 cm³/mol. The predicted octanol–water partition coefficient (Wildman–Crippen LogP) is 5.21. The summed E-state index contributed by atoms with van der Waals surface area (Å²) >= 11 is 1.45. The lowest BCUT2D eigenvalue weighted by Gasteiger charge is -2.32.